The average molecular weight is 284 g/mol. The molecule has 1 aliphatic heterocycles. The number of likely N-dealkylation sites (tertiary alicyclic amines) is 1. The van der Waals surface area contributed by atoms with Gasteiger partial charge in [0, 0.05) is 12.1 Å². The molecular formula is C14H24N2O4. The Hall–Kier alpha value is -1.30. The van der Waals surface area contributed by atoms with Gasteiger partial charge in [-0.3, -0.25) is 4.90 Å². The molecule has 0 aromatic rings. The molecule has 2 fully saturated rings. The maximum Gasteiger partial charge on any atom is 0.411 e. The first-order valence-electron chi connectivity index (χ1n) is 7.11. The highest BCUT2D eigenvalue weighted by molar-refractivity contribution is 5.83. The summed E-state index contributed by atoms with van der Waals surface area (Å²) in [4.78, 5) is 25.9. The summed E-state index contributed by atoms with van der Waals surface area (Å²) in [5.41, 5.74) is 5.58. The third-order valence-corrected chi connectivity index (χ3v) is 4.09. The minimum Gasteiger partial charge on any atom is -0.467 e. The lowest BCUT2D eigenvalue weighted by molar-refractivity contribution is -0.146. The van der Waals surface area contributed by atoms with Crippen LogP contribution >= 0.6 is 0 Å². The molecule has 0 aromatic carbocycles. The molecule has 2 N–H and O–H groups in total. The van der Waals surface area contributed by atoms with Crippen LogP contribution in [0, 0.1) is 5.92 Å². The van der Waals surface area contributed by atoms with Gasteiger partial charge in [-0.15, -0.1) is 0 Å². The second kappa shape index (κ2) is 5.24. The van der Waals surface area contributed by atoms with Crippen molar-refractivity contribution in [1.82, 2.24) is 4.90 Å². The van der Waals surface area contributed by atoms with Gasteiger partial charge in [-0.25, -0.2) is 9.59 Å². The van der Waals surface area contributed by atoms with E-state index in [0.717, 1.165) is 19.3 Å². The summed E-state index contributed by atoms with van der Waals surface area (Å²) in [6, 6.07) is -1.11. The summed E-state index contributed by atoms with van der Waals surface area (Å²) in [6.07, 6.45) is 2.36. The number of ether oxygens (including phenoxy) is 2. The first-order chi connectivity index (χ1) is 9.26. The number of amides is 1. The number of hydrogen-bond acceptors (Lipinski definition) is 5. The van der Waals surface area contributed by atoms with Gasteiger partial charge in [-0.2, -0.15) is 0 Å². The van der Waals surface area contributed by atoms with E-state index in [2.05, 4.69) is 0 Å². The smallest absolute Gasteiger partial charge is 0.411 e. The van der Waals surface area contributed by atoms with Gasteiger partial charge in [0.25, 0.3) is 0 Å². The van der Waals surface area contributed by atoms with Crippen LogP contribution in [-0.2, 0) is 14.3 Å². The Balaban J connectivity index is 2.25. The predicted molar refractivity (Wildman–Crippen MR) is 73.0 cm³/mol. The maximum absolute atomic E-state index is 12.4. The normalized spacial score (nSPS) is 33.0. The highest BCUT2D eigenvalue weighted by atomic mass is 16.6. The highest BCUT2D eigenvalue weighted by Gasteiger charge is 2.55. The fraction of sp³-hybridized carbons (Fsp3) is 0.857. The SMILES string of the molecule is COC(=O)[C@@H]1[C@@H](N)[C@H]2CCC[C@H]2N1C(=O)OC(C)(C)C. The molecule has 0 aromatic heterocycles. The summed E-state index contributed by atoms with van der Waals surface area (Å²) >= 11 is 0. The third-order valence-electron chi connectivity index (χ3n) is 4.09. The zero-order chi connectivity index (χ0) is 15.1. The molecule has 114 valence electrons. The fourth-order valence-electron chi connectivity index (χ4n) is 3.34. The molecule has 1 saturated carbocycles. The first kappa shape index (κ1) is 15.1. The van der Waals surface area contributed by atoms with Crippen LogP contribution in [0.5, 0.6) is 0 Å². The minimum atomic E-state index is -0.731. The lowest BCUT2D eigenvalue weighted by atomic mass is 9.96. The van der Waals surface area contributed by atoms with Gasteiger partial charge in [0.1, 0.15) is 11.6 Å². The summed E-state index contributed by atoms with van der Waals surface area (Å²) in [5.74, 6) is -0.302. The quantitative estimate of drug-likeness (QED) is 0.733. The second-order valence-corrected chi connectivity index (χ2v) is 6.60. The molecule has 6 nitrogen and oxygen atoms in total. The van der Waals surface area contributed by atoms with Crippen LogP contribution < -0.4 is 5.73 Å². The molecule has 1 saturated heterocycles. The molecule has 1 aliphatic carbocycles. The van der Waals surface area contributed by atoms with E-state index in [9.17, 15) is 9.59 Å². The lowest BCUT2D eigenvalue weighted by Crippen LogP contribution is -2.51. The van der Waals surface area contributed by atoms with Crippen LogP contribution in [0.2, 0.25) is 0 Å². The van der Waals surface area contributed by atoms with Gasteiger partial charge in [-0.1, -0.05) is 6.42 Å². The Morgan fingerprint density at radius 3 is 2.45 bits per heavy atom. The van der Waals surface area contributed by atoms with Gasteiger partial charge < -0.3 is 15.2 Å². The van der Waals surface area contributed by atoms with Crippen molar-refractivity contribution in [1.29, 1.82) is 0 Å². The van der Waals surface area contributed by atoms with E-state index in [1.165, 1.54) is 12.0 Å². The van der Waals surface area contributed by atoms with Crippen molar-refractivity contribution in [3.8, 4) is 0 Å². The Kier molecular flexibility index (Phi) is 3.95. The van der Waals surface area contributed by atoms with Crippen LogP contribution in [-0.4, -0.2) is 47.8 Å². The predicted octanol–water partition coefficient (Wildman–Crippen LogP) is 1.27. The highest BCUT2D eigenvalue weighted by Crippen LogP contribution is 2.41. The van der Waals surface area contributed by atoms with Gasteiger partial charge in [-0.05, 0) is 39.5 Å². The van der Waals surface area contributed by atoms with Crippen LogP contribution in [0.1, 0.15) is 40.0 Å². The van der Waals surface area contributed by atoms with Gasteiger partial charge in [0.15, 0.2) is 0 Å². The van der Waals surface area contributed by atoms with Crippen molar-refractivity contribution >= 4 is 12.1 Å². The second-order valence-electron chi connectivity index (χ2n) is 6.60. The monoisotopic (exact) mass is 284 g/mol. The van der Waals surface area contributed by atoms with Crippen molar-refractivity contribution in [3.63, 3.8) is 0 Å². The summed E-state index contributed by atoms with van der Waals surface area (Å²) in [5, 5.41) is 0. The lowest BCUT2D eigenvalue weighted by Gasteiger charge is -2.31. The topological polar surface area (TPSA) is 81.9 Å². The molecule has 0 unspecified atom stereocenters. The molecule has 0 spiro atoms. The number of fused-ring (bicyclic) bond motifs is 1. The number of carbonyl (C=O) groups is 2. The fourth-order valence-corrected chi connectivity index (χ4v) is 3.34. The van der Waals surface area contributed by atoms with E-state index in [4.69, 9.17) is 15.2 Å². The Morgan fingerprint density at radius 2 is 1.90 bits per heavy atom. The molecule has 0 bridgehead atoms. The number of methoxy groups -OCH3 is 1. The number of esters is 1. The van der Waals surface area contributed by atoms with Crippen LogP contribution in [0.15, 0.2) is 0 Å². The van der Waals surface area contributed by atoms with Crippen LogP contribution in [0.3, 0.4) is 0 Å². The molecular weight excluding hydrogens is 260 g/mol. The van der Waals surface area contributed by atoms with Gasteiger partial charge in [0.05, 0.1) is 7.11 Å². The third kappa shape index (κ3) is 2.61. The Morgan fingerprint density at radius 1 is 1.25 bits per heavy atom. The number of nitrogens with zero attached hydrogens (tertiary/aromatic N) is 1. The molecule has 6 heteroatoms. The number of carbonyl (C=O) groups excluding carboxylic acids is 2. The molecule has 2 aliphatic rings. The molecule has 1 heterocycles. The van der Waals surface area contributed by atoms with Crippen molar-refractivity contribution in [3.05, 3.63) is 0 Å². The zero-order valence-corrected chi connectivity index (χ0v) is 12.6. The van der Waals surface area contributed by atoms with Crippen LogP contribution in [0.4, 0.5) is 4.79 Å². The molecule has 2 rings (SSSR count). The summed E-state index contributed by atoms with van der Waals surface area (Å²) in [7, 11) is 1.32. The first-order valence-corrected chi connectivity index (χ1v) is 7.11. The van der Waals surface area contributed by atoms with E-state index in [1.54, 1.807) is 20.8 Å². The molecule has 20 heavy (non-hydrogen) atoms. The van der Waals surface area contributed by atoms with Gasteiger partial charge >= 0.3 is 12.1 Å². The number of rotatable bonds is 1. The average Bonchev–Trinajstić information content (AvgIpc) is 2.88. The maximum atomic E-state index is 12.4. The summed E-state index contributed by atoms with van der Waals surface area (Å²) < 4.78 is 10.2. The van der Waals surface area contributed by atoms with E-state index >= 15 is 0 Å². The van der Waals surface area contributed by atoms with Crippen molar-refractivity contribution in [2.45, 2.75) is 63.8 Å². The molecule has 1 amide bonds. The van der Waals surface area contributed by atoms with E-state index in [-0.39, 0.29) is 18.0 Å². The van der Waals surface area contributed by atoms with E-state index < -0.39 is 23.7 Å². The molecule has 4 atom stereocenters. The zero-order valence-electron chi connectivity index (χ0n) is 12.6. The Labute approximate surface area is 119 Å². The minimum absolute atomic E-state index is 0.0102. The van der Waals surface area contributed by atoms with Crippen molar-refractivity contribution in [2.75, 3.05) is 7.11 Å². The number of hydrogen-bond donors (Lipinski definition) is 1. The summed E-state index contributed by atoms with van der Waals surface area (Å²) in [6.45, 7) is 5.42. The van der Waals surface area contributed by atoms with E-state index in [0.29, 0.717) is 0 Å². The molecule has 0 radical (unpaired) electrons. The standard InChI is InChI=1S/C14H24N2O4/c1-14(2,3)20-13(18)16-9-7-5-6-8(9)10(15)11(16)12(17)19-4/h8-11H,5-7,15H2,1-4H3/t8-,9+,10-,11-/m0/s1. The largest absolute Gasteiger partial charge is 0.467 e. The number of nitrogens with two attached hydrogens (primary N) is 1. The van der Waals surface area contributed by atoms with Crippen LogP contribution in [0.25, 0.3) is 0 Å². The van der Waals surface area contributed by atoms with E-state index in [1.807, 2.05) is 0 Å². The van der Waals surface area contributed by atoms with Crippen molar-refractivity contribution < 1.29 is 19.1 Å². The Bertz CT molecular complexity index is 404. The van der Waals surface area contributed by atoms with Crippen molar-refractivity contribution in [2.24, 2.45) is 11.7 Å². The van der Waals surface area contributed by atoms with Gasteiger partial charge in [0.2, 0.25) is 0 Å².